The van der Waals surface area contributed by atoms with Gasteiger partial charge in [-0.05, 0) is 37.5 Å². The zero-order valence-electron chi connectivity index (χ0n) is 15.3. The van der Waals surface area contributed by atoms with E-state index in [2.05, 4.69) is 12.2 Å². The van der Waals surface area contributed by atoms with Gasteiger partial charge in [0.15, 0.2) is 0 Å². The molecule has 0 aromatic heterocycles. The average Bonchev–Trinajstić information content (AvgIpc) is 3.24. The second-order valence-electron chi connectivity index (χ2n) is 6.93. The van der Waals surface area contributed by atoms with Gasteiger partial charge in [-0.2, -0.15) is 0 Å². The summed E-state index contributed by atoms with van der Waals surface area (Å²) in [4.78, 5) is 38.6. The molecule has 3 amide bonds. The van der Waals surface area contributed by atoms with Crippen molar-refractivity contribution in [3.63, 3.8) is 0 Å². The van der Waals surface area contributed by atoms with Crippen LogP contribution >= 0.6 is 0 Å². The van der Waals surface area contributed by atoms with Gasteiger partial charge in [0.1, 0.15) is 0 Å². The molecule has 2 aliphatic heterocycles. The summed E-state index contributed by atoms with van der Waals surface area (Å²) in [6.07, 6.45) is 6.07. The van der Waals surface area contributed by atoms with Gasteiger partial charge in [-0.1, -0.05) is 26.2 Å². The second kappa shape index (κ2) is 8.45. The molecule has 2 heterocycles. The zero-order chi connectivity index (χ0) is 18.5. The Labute approximate surface area is 153 Å². The van der Waals surface area contributed by atoms with Crippen LogP contribution in [0.5, 0.6) is 0 Å². The summed E-state index contributed by atoms with van der Waals surface area (Å²) < 4.78 is 5.53. The highest BCUT2D eigenvalue weighted by atomic mass is 16.5. The number of fused-ring (bicyclic) bond motifs is 1. The van der Waals surface area contributed by atoms with E-state index in [4.69, 9.17) is 4.74 Å². The van der Waals surface area contributed by atoms with E-state index in [9.17, 15) is 14.4 Å². The first kappa shape index (κ1) is 18.6. The molecule has 1 saturated heterocycles. The fourth-order valence-corrected chi connectivity index (χ4v) is 3.45. The van der Waals surface area contributed by atoms with Gasteiger partial charge in [0.05, 0.1) is 23.8 Å². The number of rotatable bonds is 8. The first-order valence-electron chi connectivity index (χ1n) is 9.52. The number of unbranched alkanes of at least 4 members (excludes halogenated alkanes) is 3. The molecule has 140 valence electrons. The molecule has 3 rings (SSSR count). The topological polar surface area (TPSA) is 75.7 Å². The van der Waals surface area contributed by atoms with Gasteiger partial charge in [0.2, 0.25) is 0 Å². The number of imide groups is 1. The van der Waals surface area contributed by atoms with Crippen LogP contribution in [0.3, 0.4) is 0 Å². The molecule has 1 aromatic carbocycles. The van der Waals surface area contributed by atoms with Crippen LogP contribution in [0.4, 0.5) is 0 Å². The third kappa shape index (κ3) is 3.96. The van der Waals surface area contributed by atoms with Crippen molar-refractivity contribution in [2.24, 2.45) is 0 Å². The largest absolute Gasteiger partial charge is 0.376 e. The molecule has 6 nitrogen and oxygen atoms in total. The standard InChI is InChI=1S/C20H26N2O4/c1-2-3-4-5-10-21-18(23)14-8-9-16-17(12-14)20(25)22(19(16)24)13-15-7-6-11-26-15/h8-9,12,15H,2-7,10-11,13H2,1H3,(H,21,23). The zero-order valence-corrected chi connectivity index (χ0v) is 15.3. The summed E-state index contributed by atoms with van der Waals surface area (Å²) in [7, 11) is 0. The van der Waals surface area contributed by atoms with Crippen LogP contribution in [0.1, 0.15) is 76.5 Å². The van der Waals surface area contributed by atoms with Crippen molar-refractivity contribution in [1.29, 1.82) is 0 Å². The quantitative estimate of drug-likeness (QED) is 0.573. The fraction of sp³-hybridized carbons (Fsp3) is 0.550. The molecular weight excluding hydrogens is 332 g/mol. The van der Waals surface area contributed by atoms with Crippen molar-refractivity contribution in [2.45, 2.75) is 51.6 Å². The number of carbonyl (C=O) groups is 3. The summed E-state index contributed by atoms with van der Waals surface area (Å²) in [5.74, 6) is -0.841. The molecule has 26 heavy (non-hydrogen) atoms. The molecule has 1 atom stereocenters. The van der Waals surface area contributed by atoms with Crippen LogP contribution < -0.4 is 5.32 Å². The molecule has 0 aliphatic carbocycles. The van der Waals surface area contributed by atoms with Gasteiger partial charge in [0, 0.05) is 18.7 Å². The maximum absolute atomic E-state index is 12.6. The Kier molecular flexibility index (Phi) is 6.04. The van der Waals surface area contributed by atoms with Gasteiger partial charge in [0.25, 0.3) is 17.7 Å². The summed E-state index contributed by atoms with van der Waals surface area (Å²) in [6.45, 7) is 3.72. The highest BCUT2D eigenvalue weighted by Gasteiger charge is 2.37. The summed E-state index contributed by atoms with van der Waals surface area (Å²) in [5.41, 5.74) is 1.10. The second-order valence-corrected chi connectivity index (χ2v) is 6.93. The molecular formula is C20H26N2O4. The van der Waals surface area contributed by atoms with Crippen LogP contribution in [0.15, 0.2) is 18.2 Å². The highest BCUT2D eigenvalue weighted by molar-refractivity contribution is 6.22. The predicted octanol–water partition coefficient (Wildman–Crippen LogP) is 2.77. The van der Waals surface area contributed by atoms with E-state index in [1.165, 1.54) is 11.0 Å². The van der Waals surface area contributed by atoms with Crippen molar-refractivity contribution in [1.82, 2.24) is 10.2 Å². The van der Waals surface area contributed by atoms with E-state index in [1.54, 1.807) is 12.1 Å². The van der Waals surface area contributed by atoms with E-state index in [0.717, 1.165) is 38.5 Å². The Hall–Kier alpha value is -2.21. The minimum atomic E-state index is -0.335. The van der Waals surface area contributed by atoms with Crippen molar-refractivity contribution >= 4 is 17.7 Å². The number of benzene rings is 1. The normalized spacial score (nSPS) is 19.1. The Morgan fingerprint density at radius 2 is 2.00 bits per heavy atom. The SMILES string of the molecule is CCCCCCNC(=O)c1ccc2c(c1)C(=O)N(CC1CCCO1)C2=O. The summed E-state index contributed by atoms with van der Waals surface area (Å²) in [5, 5.41) is 2.88. The third-order valence-electron chi connectivity index (χ3n) is 4.96. The number of ether oxygens (including phenoxy) is 1. The lowest BCUT2D eigenvalue weighted by Crippen LogP contribution is -2.36. The third-order valence-corrected chi connectivity index (χ3v) is 4.96. The fourth-order valence-electron chi connectivity index (χ4n) is 3.45. The van der Waals surface area contributed by atoms with Crippen molar-refractivity contribution in [2.75, 3.05) is 19.7 Å². The van der Waals surface area contributed by atoms with E-state index in [0.29, 0.717) is 29.8 Å². The van der Waals surface area contributed by atoms with E-state index in [1.807, 2.05) is 0 Å². The minimum Gasteiger partial charge on any atom is -0.376 e. The molecule has 1 aromatic rings. The Morgan fingerprint density at radius 3 is 2.73 bits per heavy atom. The number of hydrogen-bond donors (Lipinski definition) is 1. The van der Waals surface area contributed by atoms with Gasteiger partial charge in [-0.15, -0.1) is 0 Å². The van der Waals surface area contributed by atoms with Crippen LogP contribution in [0.25, 0.3) is 0 Å². The molecule has 0 spiro atoms. The summed E-state index contributed by atoms with van der Waals surface area (Å²) >= 11 is 0. The van der Waals surface area contributed by atoms with Crippen molar-refractivity contribution in [3.05, 3.63) is 34.9 Å². The number of carbonyl (C=O) groups excluding carboxylic acids is 3. The van der Waals surface area contributed by atoms with Crippen LogP contribution in [0, 0.1) is 0 Å². The van der Waals surface area contributed by atoms with E-state index in [-0.39, 0.29) is 30.4 Å². The Morgan fingerprint density at radius 1 is 1.19 bits per heavy atom. The number of nitrogens with zero attached hydrogens (tertiary/aromatic N) is 1. The Balaban J connectivity index is 1.64. The first-order valence-corrected chi connectivity index (χ1v) is 9.52. The lowest BCUT2D eigenvalue weighted by Gasteiger charge is -2.17. The molecule has 0 bridgehead atoms. The number of amides is 3. The van der Waals surface area contributed by atoms with Gasteiger partial charge < -0.3 is 10.1 Å². The highest BCUT2D eigenvalue weighted by Crippen LogP contribution is 2.26. The molecule has 0 saturated carbocycles. The minimum absolute atomic E-state index is 0.0805. The number of hydrogen-bond acceptors (Lipinski definition) is 4. The molecule has 2 aliphatic rings. The monoisotopic (exact) mass is 358 g/mol. The van der Waals surface area contributed by atoms with Crippen LogP contribution in [-0.4, -0.2) is 48.4 Å². The summed E-state index contributed by atoms with van der Waals surface area (Å²) in [6, 6.07) is 4.73. The van der Waals surface area contributed by atoms with Gasteiger partial charge in [-0.25, -0.2) is 0 Å². The van der Waals surface area contributed by atoms with Crippen molar-refractivity contribution in [3.8, 4) is 0 Å². The predicted molar refractivity (Wildman–Crippen MR) is 97.3 cm³/mol. The van der Waals surface area contributed by atoms with Gasteiger partial charge in [-0.3, -0.25) is 19.3 Å². The molecule has 1 unspecified atom stereocenters. The van der Waals surface area contributed by atoms with E-state index >= 15 is 0 Å². The number of nitrogens with one attached hydrogen (secondary N) is 1. The van der Waals surface area contributed by atoms with Crippen molar-refractivity contribution < 1.29 is 19.1 Å². The van der Waals surface area contributed by atoms with Crippen LogP contribution in [-0.2, 0) is 4.74 Å². The van der Waals surface area contributed by atoms with Gasteiger partial charge >= 0.3 is 0 Å². The lowest BCUT2D eigenvalue weighted by molar-refractivity contribution is 0.0475. The molecule has 6 heteroatoms. The van der Waals surface area contributed by atoms with Crippen LogP contribution in [0.2, 0.25) is 0 Å². The maximum atomic E-state index is 12.6. The smallest absolute Gasteiger partial charge is 0.261 e. The van der Waals surface area contributed by atoms with E-state index < -0.39 is 0 Å². The average molecular weight is 358 g/mol. The maximum Gasteiger partial charge on any atom is 0.261 e. The molecule has 1 fully saturated rings. The first-order chi connectivity index (χ1) is 12.6. The Bertz CT molecular complexity index is 695. The molecule has 1 N–H and O–H groups in total. The molecule has 0 radical (unpaired) electrons. The lowest BCUT2D eigenvalue weighted by atomic mass is 10.1.